The number of hydrogen-bond acceptors (Lipinski definition) is 3. The summed E-state index contributed by atoms with van der Waals surface area (Å²) in [6, 6.07) is 10.2. The highest BCUT2D eigenvalue weighted by molar-refractivity contribution is 9.10. The van der Waals surface area contributed by atoms with Crippen LogP contribution in [0, 0.1) is 0 Å². The van der Waals surface area contributed by atoms with Crippen LogP contribution in [0.1, 0.15) is 31.8 Å². The van der Waals surface area contributed by atoms with Gasteiger partial charge in [-0.15, -0.1) is 0 Å². The number of ether oxygens (including phenoxy) is 1. The largest absolute Gasteiger partial charge is 0.496 e. The number of fused-ring (bicyclic) bond motifs is 2. The highest BCUT2D eigenvalue weighted by Crippen LogP contribution is 2.37. The maximum Gasteiger partial charge on any atom is 0.198 e. The molecule has 0 aromatic heterocycles. The van der Waals surface area contributed by atoms with E-state index in [1.807, 2.05) is 0 Å². The van der Waals surface area contributed by atoms with Gasteiger partial charge in [-0.25, -0.2) is 0 Å². The van der Waals surface area contributed by atoms with Crippen LogP contribution < -0.4 is 4.74 Å². The van der Waals surface area contributed by atoms with Gasteiger partial charge in [-0.05, 0) is 12.1 Å². The second kappa shape index (κ2) is 4.31. The third-order valence-corrected chi connectivity index (χ3v) is 3.87. The summed E-state index contributed by atoms with van der Waals surface area (Å²) in [6.07, 6.45) is 0. The Bertz CT molecular complexity index is 719. The van der Waals surface area contributed by atoms with Gasteiger partial charge < -0.3 is 4.74 Å². The standard InChI is InChI=1S/C15H9BrO3/c1-19-11-7-6-10(16)12-13(11)15(18)9-5-3-2-4-8(9)14(12)17/h2-7H,1H3. The first kappa shape index (κ1) is 12.1. The third kappa shape index (κ3) is 1.64. The summed E-state index contributed by atoms with van der Waals surface area (Å²) in [5.74, 6) is 0.0883. The van der Waals surface area contributed by atoms with Gasteiger partial charge in [0.05, 0.1) is 18.2 Å². The molecule has 0 saturated carbocycles. The summed E-state index contributed by atoms with van der Waals surface area (Å²) in [6.45, 7) is 0. The second-order valence-corrected chi connectivity index (χ2v) is 5.06. The number of ketones is 2. The number of carbonyl (C=O) groups is 2. The summed E-state index contributed by atoms with van der Waals surface area (Å²) in [5, 5.41) is 0. The second-order valence-electron chi connectivity index (χ2n) is 4.20. The zero-order valence-electron chi connectivity index (χ0n) is 10.1. The van der Waals surface area contributed by atoms with E-state index in [1.165, 1.54) is 7.11 Å². The fraction of sp³-hybridized carbons (Fsp3) is 0.0667. The summed E-state index contributed by atoms with van der Waals surface area (Å²) in [5.41, 5.74) is 1.58. The Labute approximate surface area is 118 Å². The van der Waals surface area contributed by atoms with Crippen molar-refractivity contribution in [2.24, 2.45) is 0 Å². The minimum Gasteiger partial charge on any atom is -0.496 e. The van der Waals surface area contributed by atoms with Crippen molar-refractivity contribution in [2.45, 2.75) is 0 Å². The molecule has 0 spiro atoms. The van der Waals surface area contributed by atoms with Crippen molar-refractivity contribution in [1.82, 2.24) is 0 Å². The van der Waals surface area contributed by atoms with E-state index in [2.05, 4.69) is 15.9 Å². The molecule has 0 atom stereocenters. The van der Waals surface area contributed by atoms with Gasteiger partial charge >= 0.3 is 0 Å². The summed E-state index contributed by atoms with van der Waals surface area (Å²) in [7, 11) is 1.49. The van der Waals surface area contributed by atoms with Crippen LogP contribution in [-0.4, -0.2) is 18.7 Å². The Morgan fingerprint density at radius 2 is 1.47 bits per heavy atom. The molecule has 2 aromatic rings. The van der Waals surface area contributed by atoms with Gasteiger partial charge in [0.15, 0.2) is 11.6 Å². The predicted octanol–water partition coefficient (Wildman–Crippen LogP) is 3.23. The molecule has 0 fully saturated rings. The molecule has 0 N–H and O–H groups in total. The van der Waals surface area contributed by atoms with Crippen LogP contribution in [0.5, 0.6) is 5.75 Å². The Morgan fingerprint density at radius 1 is 0.895 bits per heavy atom. The predicted molar refractivity (Wildman–Crippen MR) is 74.0 cm³/mol. The molecular weight excluding hydrogens is 308 g/mol. The van der Waals surface area contributed by atoms with Gasteiger partial charge in [0.2, 0.25) is 0 Å². The van der Waals surface area contributed by atoms with Gasteiger partial charge in [0, 0.05) is 15.6 Å². The molecule has 19 heavy (non-hydrogen) atoms. The van der Waals surface area contributed by atoms with E-state index in [-0.39, 0.29) is 11.6 Å². The lowest BCUT2D eigenvalue weighted by Gasteiger charge is -2.20. The number of halogens is 1. The molecule has 3 nitrogen and oxygen atoms in total. The fourth-order valence-electron chi connectivity index (χ4n) is 2.32. The van der Waals surface area contributed by atoms with Gasteiger partial charge in [-0.1, -0.05) is 40.2 Å². The first-order chi connectivity index (χ1) is 9.15. The van der Waals surface area contributed by atoms with E-state index in [9.17, 15) is 9.59 Å². The normalized spacial score (nSPS) is 12.9. The van der Waals surface area contributed by atoms with Crippen LogP contribution in [0.3, 0.4) is 0 Å². The maximum atomic E-state index is 12.5. The van der Waals surface area contributed by atoms with E-state index < -0.39 is 0 Å². The molecule has 1 aliphatic carbocycles. The molecule has 0 saturated heterocycles. The van der Waals surface area contributed by atoms with Crippen molar-refractivity contribution in [3.63, 3.8) is 0 Å². The van der Waals surface area contributed by atoms with Crippen LogP contribution in [0.4, 0.5) is 0 Å². The fourth-order valence-corrected chi connectivity index (χ4v) is 2.83. The van der Waals surface area contributed by atoms with E-state index in [1.54, 1.807) is 36.4 Å². The third-order valence-electron chi connectivity index (χ3n) is 3.21. The van der Waals surface area contributed by atoms with Crippen molar-refractivity contribution in [2.75, 3.05) is 7.11 Å². The highest BCUT2D eigenvalue weighted by Gasteiger charge is 2.33. The molecular formula is C15H9BrO3. The van der Waals surface area contributed by atoms with Crippen molar-refractivity contribution < 1.29 is 14.3 Å². The minimum absolute atomic E-state index is 0.157. The molecule has 0 heterocycles. The smallest absolute Gasteiger partial charge is 0.198 e. The van der Waals surface area contributed by atoms with Crippen LogP contribution >= 0.6 is 15.9 Å². The summed E-state index contributed by atoms with van der Waals surface area (Å²) in [4.78, 5) is 25.0. The molecule has 0 unspecified atom stereocenters. The number of rotatable bonds is 1. The highest BCUT2D eigenvalue weighted by atomic mass is 79.9. The molecule has 3 rings (SSSR count). The van der Waals surface area contributed by atoms with Gasteiger partial charge in [-0.3, -0.25) is 9.59 Å². The van der Waals surface area contributed by atoms with Gasteiger partial charge in [-0.2, -0.15) is 0 Å². The zero-order valence-corrected chi connectivity index (χ0v) is 11.7. The summed E-state index contributed by atoms with van der Waals surface area (Å²) < 4.78 is 5.82. The topological polar surface area (TPSA) is 43.4 Å². The van der Waals surface area contributed by atoms with Crippen molar-refractivity contribution in [3.05, 3.63) is 63.1 Å². The van der Waals surface area contributed by atoms with Crippen molar-refractivity contribution in [1.29, 1.82) is 0 Å². The Morgan fingerprint density at radius 3 is 2.05 bits per heavy atom. The molecule has 4 heteroatoms. The van der Waals surface area contributed by atoms with E-state index in [0.29, 0.717) is 32.5 Å². The summed E-state index contributed by atoms with van der Waals surface area (Å²) >= 11 is 3.34. The average Bonchev–Trinajstić information content (AvgIpc) is 2.44. The van der Waals surface area contributed by atoms with Crippen molar-refractivity contribution >= 4 is 27.5 Å². The number of hydrogen-bond donors (Lipinski definition) is 0. The number of carbonyl (C=O) groups excluding carboxylic acids is 2. The van der Waals surface area contributed by atoms with E-state index >= 15 is 0 Å². The molecule has 1 aliphatic rings. The monoisotopic (exact) mass is 316 g/mol. The van der Waals surface area contributed by atoms with Crippen molar-refractivity contribution in [3.8, 4) is 5.75 Å². The van der Waals surface area contributed by atoms with E-state index in [4.69, 9.17) is 4.74 Å². The number of benzene rings is 2. The molecule has 2 aromatic carbocycles. The zero-order chi connectivity index (χ0) is 13.6. The lowest BCUT2D eigenvalue weighted by atomic mass is 9.83. The molecule has 94 valence electrons. The van der Waals surface area contributed by atoms with Crippen LogP contribution in [-0.2, 0) is 0 Å². The quantitative estimate of drug-likeness (QED) is 0.692. The lowest BCUT2D eigenvalue weighted by molar-refractivity contribution is 0.0976. The molecule has 0 aliphatic heterocycles. The Kier molecular flexibility index (Phi) is 2.75. The van der Waals surface area contributed by atoms with Crippen LogP contribution in [0.15, 0.2) is 40.9 Å². The maximum absolute atomic E-state index is 12.5. The molecule has 0 bridgehead atoms. The average molecular weight is 317 g/mol. The van der Waals surface area contributed by atoms with Gasteiger partial charge in [0.1, 0.15) is 5.75 Å². The number of methoxy groups -OCH3 is 1. The lowest BCUT2D eigenvalue weighted by Crippen LogP contribution is -2.22. The first-order valence-corrected chi connectivity index (χ1v) is 6.49. The van der Waals surface area contributed by atoms with E-state index in [0.717, 1.165) is 0 Å². The first-order valence-electron chi connectivity index (χ1n) is 5.70. The van der Waals surface area contributed by atoms with Crippen LogP contribution in [0.2, 0.25) is 0 Å². The Balaban J connectivity index is 2.38. The SMILES string of the molecule is COc1ccc(Br)c2c1C(=O)c1ccccc1C2=O. The van der Waals surface area contributed by atoms with Crippen LogP contribution in [0.25, 0.3) is 0 Å². The Hall–Kier alpha value is -1.94. The molecule has 0 amide bonds. The molecule has 0 radical (unpaired) electrons. The van der Waals surface area contributed by atoms with Gasteiger partial charge in [0.25, 0.3) is 0 Å². The minimum atomic E-state index is -0.177.